The van der Waals surface area contributed by atoms with Crippen LogP contribution in [0.1, 0.15) is 26.0 Å². The van der Waals surface area contributed by atoms with Gasteiger partial charge in [0.25, 0.3) is 0 Å². The summed E-state index contributed by atoms with van der Waals surface area (Å²) in [7, 11) is -1.88. The lowest BCUT2D eigenvalue weighted by Gasteiger charge is -2.25. The van der Waals surface area contributed by atoms with Crippen molar-refractivity contribution in [1.82, 2.24) is 8.87 Å². The number of nitrogens with zero attached hydrogens (tertiary/aromatic N) is 2. The minimum Gasteiger partial charge on any atom is -0.377 e. The fourth-order valence-corrected chi connectivity index (χ4v) is 4.19. The number of aryl methyl sites for hydroxylation is 1. The highest BCUT2D eigenvalue weighted by Crippen LogP contribution is 2.25. The fraction of sp³-hybridized carbons (Fsp3) is 0.692. The van der Waals surface area contributed by atoms with Crippen molar-refractivity contribution in [2.24, 2.45) is 5.73 Å². The number of aromatic nitrogens is 1. The second kappa shape index (κ2) is 5.85. The van der Waals surface area contributed by atoms with Gasteiger partial charge in [0.2, 0.25) is 10.0 Å². The molecule has 0 spiro atoms. The molecule has 0 aromatic carbocycles. The minimum absolute atomic E-state index is 0.0722. The van der Waals surface area contributed by atoms with Crippen molar-refractivity contribution in [3.05, 3.63) is 18.0 Å². The topological polar surface area (TPSA) is 77.6 Å². The van der Waals surface area contributed by atoms with E-state index in [-0.39, 0.29) is 12.1 Å². The molecule has 1 aromatic heterocycles. The molecule has 2 N–H and O–H groups in total. The van der Waals surface area contributed by atoms with Gasteiger partial charge in [-0.1, -0.05) is 0 Å². The Morgan fingerprint density at radius 3 is 2.70 bits per heavy atom. The van der Waals surface area contributed by atoms with Crippen LogP contribution < -0.4 is 5.73 Å². The first-order valence-corrected chi connectivity index (χ1v) is 8.34. The molecular formula is C13H23N3O3S. The monoisotopic (exact) mass is 301 g/mol. The largest absolute Gasteiger partial charge is 0.377 e. The third-order valence-corrected chi connectivity index (χ3v) is 5.84. The van der Waals surface area contributed by atoms with Crippen molar-refractivity contribution in [3.63, 3.8) is 0 Å². The molecular weight excluding hydrogens is 278 g/mol. The number of ether oxygens (including phenoxy) is 1. The molecule has 0 radical (unpaired) electrons. The smallest absolute Gasteiger partial charge is 0.244 e. The molecule has 2 atom stereocenters. The standard InChI is InChI=1S/C13H23N3O3S/c1-4-16-9-12(7-11(16)8-14)20(17,18)15(3)13-5-6-19-10(13)2/h7,9-10,13H,4-6,8,14H2,1-3H3. The predicted octanol–water partition coefficient (Wildman–Crippen LogP) is 0.765. The summed E-state index contributed by atoms with van der Waals surface area (Å²) in [5.74, 6) is 0. The van der Waals surface area contributed by atoms with Gasteiger partial charge in [0.15, 0.2) is 0 Å². The van der Waals surface area contributed by atoms with Gasteiger partial charge in [0.05, 0.1) is 12.1 Å². The molecule has 2 unspecified atom stereocenters. The maximum absolute atomic E-state index is 12.7. The van der Waals surface area contributed by atoms with Crippen molar-refractivity contribution >= 4 is 10.0 Å². The number of hydrogen-bond donors (Lipinski definition) is 1. The van der Waals surface area contributed by atoms with Crippen molar-refractivity contribution in [3.8, 4) is 0 Å². The molecule has 20 heavy (non-hydrogen) atoms. The van der Waals surface area contributed by atoms with Crippen LogP contribution in [-0.4, -0.2) is 43.1 Å². The Balaban J connectivity index is 2.32. The normalized spacial score (nSPS) is 23.6. The summed E-state index contributed by atoms with van der Waals surface area (Å²) in [6.45, 7) is 5.51. The first kappa shape index (κ1) is 15.5. The molecule has 0 amide bonds. The van der Waals surface area contributed by atoms with Crippen molar-refractivity contribution in [1.29, 1.82) is 0 Å². The molecule has 1 saturated heterocycles. The van der Waals surface area contributed by atoms with Crippen LogP contribution >= 0.6 is 0 Å². The molecule has 7 heteroatoms. The lowest BCUT2D eigenvalue weighted by atomic mass is 10.2. The van der Waals surface area contributed by atoms with Crippen LogP contribution in [0.3, 0.4) is 0 Å². The first-order chi connectivity index (χ1) is 9.41. The average molecular weight is 301 g/mol. The van der Waals surface area contributed by atoms with Crippen molar-refractivity contribution in [2.45, 2.75) is 50.4 Å². The SMILES string of the molecule is CCn1cc(S(=O)(=O)N(C)C2CCOC2C)cc1CN. The summed E-state index contributed by atoms with van der Waals surface area (Å²) in [5, 5.41) is 0. The zero-order valence-corrected chi connectivity index (χ0v) is 13.1. The van der Waals surface area contributed by atoms with E-state index in [1.165, 1.54) is 4.31 Å². The third kappa shape index (κ3) is 2.63. The van der Waals surface area contributed by atoms with E-state index in [1.807, 2.05) is 18.4 Å². The molecule has 6 nitrogen and oxygen atoms in total. The van der Waals surface area contributed by atoms with E-state index in [4.69, 9.17) is 10.5 Å². The Labute approximate surface area is 120 Å². The van der Waals surface area contributed by atoms with E-state index >= 15 is 0 Å². The number of likely N-dealkylation sites (N-methyl/N-ethyl adjacent to an activating group) is 1. The summed E-state index contributed by atoms with van der Waals surface area (Å²) in [5.41, 5.74) is 6.48. The van der Waals surface area contributed by atoms with E-state index in [1.54, 1.807) is 19.3 Å². The van der Waals surface area contributed by atoms with E-state index in [2.05, 4.69) is 0 Å². The van der Waals surface area contributed by atoms with Crippen LogP contribution in [0, 0.1) is 0 Å². The molecule has 2 rings (SSSR count). The zero-order chi connectivity index (χ0) is 14.9. The van der Waals surface area contributed by atoms with Crippen LogP contribution in [0.4, 0.5) is 0 Å². The third-order valence-electron chi connectivity index (χ3n) is 3.99. The maximum Gasteiger partial charge on any atom is 0.244 e. The second-order valence-corrected chi connectivity index (χ2v) is 7.11. The van der Waals surface area contributed by atoms with Crippen LogP contribution in [0.25, 0.3) is 0 Å². The number of rotatable bonds is 5. The second-order valence-electron chi connectivity index (χ2n) is 5.11. The van der Waals surface area contributed by atoms with Gasteiger partial charge < -0.3 is 15.0 Å². The summed E-state index contributed by atoms with van der Waals surface area (Å²) < 4.78 is 34.1. The van der Waals surface area contributed by atoms with Crippen LogP contribution in [-0.2, 0) is 27.8 Å². The van der Waals surface area contributed by atoms with Gasteiger partial charge in [-0.05, 0) is 26.3 Å². The van der Waals surface area contributed by atoms with E-state index in [0.717, 1.165) is 12.1 Å². The highest BCUT2D eigenvalue weighted by atomic mass is 32.2. The molecule has 1 aromatic rings. The highest BCUT2D eigenvalue weighted by Gasteiger charge is 2.35. The van der Waals surface area contributed by atoms with Crippen LogP contribution in [0.15, 0.2) is 17.2 Å². The number of nitrogens with two attached hydrogens (primary N) is 1. The summed E-state index contributed by atoms with van der Waals surface area (Å²) in [6, 6.07) is 1.56. The average Bonchev–Trinajstić information content (AvgIpc) is 3.03. The maximum atomic E-state index is 12.7. The first-order valence-electron chi connectivity index (χ1n) is 6.90. The van der Waals surface area contributed by atoms with E-state index in [0.29, 0.717) is 24.6 Å². The summed E-state index contributed by atoms with van der Waals surface area (Å²) in [6.07, 6.45) is 2.32. The lowest BCUT2D eigenvalue weighted by Crippen LogP contribution is -2.40. The number of hydrogen-bond acceptors (Lipinski definition) is 4. The molecule has 0 bridgehead atoms. The highest BCUT2D eigenvalue weighted by molar-refractivity contribution is 7.89. The zero-order valence-electron chi connectivity index (χ0n) is 12.2. The Hall–Kier alpha value is -0.890. The Kier molecular flexibility index (Phi) is 4.53. The van der Waals surface area contributed by atoms with Crippen molar-refractivity contribution in [2.75, 3.05) is 13.7 Å². The van der Waals surface area contributed by atoms with Crippen LogP contribution in [0.2, 0.25) is 0 Å². The Morgan fingerprint density at radius 1 is 1.55 bits per heavy atom. The van der Waals surface area contributed by atoms with Gasteiger partial charge in [0.1, 0.15) is 4.90 Å². The Morgan fingerprint density at radius 2 is 2.25 bits per heavy atom. The molecule has 0 aliphatic carbocycles. The molecule has 2 heterocycles. The molecule has 0 saturated carbocycles. The van der Waals surface area contributed by atoms with Gasteiger partial charge in [-0.3, -0.25) is 0 Å². The molecule has 1 aliphatic heterocycles. The quantitative estimate of drug-likeness (QED) is 0.871. The minimum atomic E-state index is -3.50. The van der Waals surface area contributed by atoms with Gasteiger partial charge in [0, 0.05) is 38.6 Å². The lowest BCUT2D eigenvalue weighted by molar-refractivity contribution is 0.102. The fourth-order valence-electron chi connectivity index (χ4n) is 2.67. The number of sulfonamides is 1. The van der Waals surface area contributed by atoms with Crippen LogP contribution in [0.5, 0.6) is 0 Å². The van der Waals surface area contributed by atoms with E-state index in [9.17, 15) is 8.42 Å². The molecule has 114 valence electrons. The van der Waals surface area contributed by atoms with Gasteiger partial charge in [-0.15, -0.1) is 0 Å². The summed E-state index contributed by atoms with van der Waals surface area (Å²) in [4.78, 5) is 0.307. The van der Waals surface area contributed by atoms with Gasteiger partial charge >= 0.3 is 0 Å². The van der Waals surface area contributed by atoms with Gasteiger partial charge in [-0.2, -0.15) is 4.31 Å². The molecule has 1 fully saturated rings. The van der Waals surface area contributed by atoms with E-state index < -0.39 is 10.0 Å². The summed E-state index contributed by atoms with van der Waals surface area (Å²) >= 11 is 0. The van der Waals surface area contributed by atoms with Gasteiger partial charge in [-0.25, -0.2) is 8.42 Å². The Bertz CT molecular complexity index is 546. The van der Waals surface area contributed by atoms with Crippen molar-refractivity contribution < 1.29 is 13.2 Å². The molecule has 1 aliphatic rings. The predicted molar refractivity (Wildman–Crippen MR) is 76.8 cm³/mol.